The Bertz CT molecular complexity index is 117. The van der Waals surface area contributed by atoms with Crippen molar-refractivity contribution < 1.29 is 14.7 Å². The Kier molecular flexibility index (Phi) is 16.5. The molecule has 0 aliphatic carbocycles. The first-order valence-electron chi connectivity index (χ1n) is 1.96. The minimum Gasteiger partial charge on any atom is -0.474 e. The van der Waals surface area contributed by atoms with Crippen LogP contribution in [0.5, 0.6) is 0 Å². The molecule has 0 saturated carbocycles. The lowest BCUT2D eigenvalue weighted by molar-refractivity contribution is -0.148. The van der Waals surface area contributed by atoms with E-state index in [-0.39, 0.29) is 9.90 Å². The zero-order valence-electron chi connectivity index (χ0n) is 5.75. The summed E-state index contributed by atoms with van der Waals surface area (Å²) in [6.07, 6.45) is 0. The maximum atomic E-state index is 9.32. The average Bonchev–Trinajstić information content (AvgIpc) is 1.63. The number of carboxylic acid groups (broad SMARTS) is 1. The summed E-state index contributed by atoms with van der Waals surface area (Å²) in [5.41, 5.74) is 4.20. The Hall–Kier alpha value is 0.380. The maximum Gasteiger partial charge on any atom is 0.394 e. The number of hydrogen-bond acceptors (Lipinski definition) is 2. The van der Waals surface area contributed by atoms with E-state index in [9.17, 15) is 9.59 Å². The van der Waals surface area contributed by atoms with Crippen molar-refractivity contribution in [1.29, 1.82) is 0 Å². The maximum absolute atomic E-state index is 9.32. The molecule has 0 aromatic heterocycles. The van der Waals surface area contributed by atoms with E-state index in [1.165, 1.54) is 0 Å². The van der Waals surface area contributed by atoms with Gasteiger partial charge in [0.05, 0.1) is 6.63 Å². The van der Waals surface area contributed by atoms with Gasteiger partial charge in [0, 0.05) is 0 Å². The van der Waals surface area contributed by atoms with E-state index in [2.05, 4.69) is 5.73 Å². The second-order valence-corrected chi connectivity index (χ2v) is 5.44. The quantitative estimate of drug-likeness (QED) is 0.489. The predicted octanol–water partition coefficient (Wildman–Crippen LogP) is 1.02. The van der Waals surface area contributed by atoms with Crippen LogP contribution in [0.2, 0.25) is 0 Å². The molecule has 0 bridgehead atoms. The molecule has 11 heavy (non-hydrogen) atoms. The van der Waals surface area contributed by atoms with E-state index in [4.69, 9.17) is 27.6 Å². The first-order valence-corrected chi connectivity index (χ1v) is 5.55. The Balaban J connectivity index is -0.000000114. The van der Waals surface area contributed by atoms with Crippen LogP contribution >= 0.6 is 39.0 Å². The Morgan fingerprint density at radius 2 is 1.55 bits per heavy atom. The number of amides is 1. The summed E-state index contributed by atoms with van der Waals surface area (Å²) in [6.45, 7) is 1.09. The summed E-state index contributed by atoms with van der Waals surface area (Å²) in [7, 11) is 0. The highest BCUT2D eigenvalue weighted by atomic mass is 35.9. The predicted molar refractivity (Wildman–Crippen MR) is 52.5 cm³/mol. The molecule has 8 heteroatoms. The molecule has 1 unspecified atom stereocenters. The van der Waals surface area contributed by atoms with E-state index < -0.39 is 18.5 Å². The van der Waals surface area contributed by atoms with Gasteiger partial charge in [0.15, 0.2) is 0 Å². The fraction of sp³-hybridized carbons (Fsp3) is 0.333. The largest absolute Gasteiger partial charge is 0.474 e. The van der Waals surface area contributed by atoms with Gasteiger partial charge in [-0.1, -0.05) is 22.5 Å². The SMILES string of the molecule is CP(Cl)Cl.NC(=O)C(=O)O.P. The minimum absolute atomic E-state index is 0. The lowest BCUT2D eigenvalue weighted by Crippen LogP contribution is -2.21. The van der Waals surface area contributed by atoms with Gasteiger partial charge in [0.2, 0.25) is 0 Å². The highest BCUT2D eigenvalue weighted by Gasteiger charge is 2.00. The lowest BCUT2D eigenvalue weighted by atomic mass is 10.7. The van der Waals surface area contributed by atoms with Crippen LogP contribution < -0.4 is 5.73 Å². The summed E-state index contributed by atoms with van der Waals surface area (Å²) in [6, 6.07) is 0. The third-order valence-corrected chi connectivity index (χ3v) is 0.211. The summed E-state index contributed by atoms with van der Waals surface area (Å²) in [4.78, 5) is 18.5. The van der Waals surface area contributed by atoms with Crippen molar-refractivity contribution in [1.82, 2.24) is 0 Å². The molecule has 0 spiro atoms. The van der Waals surface area contributed by atoms with Gasteiger partial charge in [0.25, 0.3) is 0 Å². The molecule has 4 nitrogen and oxygen atoms in total. The van der Waals surface area contributed by atoms with Gasteiger partial charge in [-0.25, -0.2) is 4.79 Å². The van der Waals surface area contributed by atoms with Gasteiger partial charge in [-0.15, -0.1) is 0 Å². The highest BCUT2D eigenvalue weighted by Crippen LogP contribution is 2.41. The number of nitrogens with two attached hydrogens (primary N) is 1. The highest BCUT2D eigenvalue weighted by molar-refractivity contribution is 8.03. The number of rotatable bonds is 0. The Labute approximate surface area is 78.4 Å². The number of carbonyl (C=O) groups excluding carboxylic acids is 1. The number of halogens is 2. The summed E-state index contributed by atoms with van der Waals surface area (Å²) in [5.74, 6) is -2.93. The van der Waals surface area contributed by atoms with Crippen LogP contribution in [0, 0.1) is 0 Å². The van der Waals surface area contributed by atoms with Gasteiger partial charge in [-0.3, -0.25) is 4.79 Å². The average molecular weight is 240 g/mol. The molecule has 1 amide bonds. The molecule has 1 atom stereocenters. The van der Waals surface area contributed by atoms with Crippen LogP contribution in [0.25, 0.3) is 0 Å². The second kappa shape index (κ2) is 10.4. The molecule has 68 valence electrons. The molecular formula is C3H9Cl2NO3P2. The Morgan fingerprint density at radius 1 is 1.45 bits per heavy atom. The van der Waals surface area contributed by atoms with Crippen LogP contribution in [0.15, 0.2) is 0 Å². The van der Waals surface area contributed by atoms with Crippen LogP contribution in [0.4, 0.5) is 0 Å². The van der Waals surface area contributed by atoms with Gasteiger partial charge >= 0.3 is 11.9 Å². The molecule has 0 rings (SSSR count). The third kappa shape index (κ3) is 38.0. The van der Waals surface area contributed by atoms with E-state index in [1.54, 1.807) is 6.66 Å². The topological polar surface area (TPSA) is 80.4 Å². The van der Waals surface area contributed by atoms with E-state index >= 15 is 0 Å². The van der Waals surface area contributed by atoms with Crippen LogP contribution in [-0.4, -0.2) is 23.6 Å². The van der Waals surface area contributed by atoms with Crippen molar-refractivity contribution in [3.05, 3.63) is 0 Å². The smallest absolute Gasteiger partial charge is 0.394 e. The number of hydrogen-bond donors (Lipinski definition) is 2. The summed E-state index contributed by atoms with van der Waals surface area (Å²) in [5, 5.41) is 7.52. The molecule has 0 fully saturated rings. The molecule has 0 aromatic carbocycles. The van der Waals surface area contributed by atoms with E-state index in [0.29, 0.717) is 0 Å². The fourth-order valence-electron chi connectivity index (χ4n) is 0. The minimum atomic E-state index is -1.60. The van der Waals surface area contributed by atoms with Gasteiger partial charge in [0.1, 0.15) is 0 Å². The molecule has 0 heterocycles. The molecule has 0 radical (unpaired) electrons. The number of carbonyl (C=O) groups is 2. The lowest BCUT2D eigenvalue weighted by Gasteiger charge is -1.74. The first-order chi connectivity index (χ1) is 4.37. The van der Waals surface area contributed by atoms with Crippen LogP contribution in [0.3, 0.4) is 0 Å². The van der Waals surface area contributed by atoms with Crippen LogP contribution in [-0.2, 0) is 9.59 Å². The van der Waals surface area contributed by atoms with Crippen molar-refractivity contribution in [3.63, 3.8) is 0 Å². The van der Waals surface area contributed by atoms with Crippen molar-refractivity contribution in [3.8, 4) is 0 Å². The summed E-state index contributed by atoms with van der Waals surface area (Å²) < 4.78 is 0. The van der Waals surface area contributed by atoms with Gasteiger partial charge in [-0.2, -0.15) is 9.90 Å². The van der Waals surface area contributed by atoms with Crippen molar-refractivity contribution >= 4 is 50.9 Å². The van der Waals surface area contributed by atoms with Gasteiger partial charge in [-0.05, 0) is 6.66 Å². The third-order valence-electron chi connectivity index (χ3n) is 0.211. The zero-order valence-corrected chi connectivity index (χ0v) is 9.57. The zero-order chi connectivity index (χ0) is 8.73. The first kappa shape index (κ1) is 17.5. The van der Waals surface area contributed by atoms with Crippen molar-refractivity contribution in [2.24, 2.45) is 5.73 Å². The number of carboxylic acids is 1. The fourth-order valence-corrected chi connectivity index (χ4v) is 0. The Morgan fingerprint density at radius 3 is 1.55 bits per heavy atom. The normalized spacial score (nSPS) is 7.27. The molecule has 0 saturated heterocycles. The number of aliphatic carboxylic acids is 1. The van der Waals surface area contributed by atoms with Crippen LogP contribution in [0.1, 0.15) is 0 Å². The number of primary amides is 1. The van der Waals surface area contributed by atoms with Gasteiger partial charge < -0.3 is 10.8 Å². The van der Waals surface area contributed by atoms with Crippen molar-refractivity contribution in [2.75, 3.05) is 6.66 Å². The van der Waals surface area contributed by atoms with E-state index in [0.717, 1.165) is 0 Å². The standard InChI is InChI=1S/C2H3NO3.CH3Cl2P.H3P/c3-1(4)2(5)6;1-4(2)3;/h(H2,3,4)(H,5,6);1H3;1H3. The second-order valence-electron chi connectivity index (χ2n) is 1.07. The van der Waals surface area contributed by atoms with Crippen molar-refractivity contribution in [2.45, 2.75) is 0 Å². The molecule has 0 aliphatic rings. The molecular weight excluding hydrogens is 231 g/mol. The molecule has 0 aromatic rings. The summed E-state index contributed by atoms with van der Waals surface area (Å²) >= 11 is 10.2. The van der Waals surface area contributed by atoms with E-state index in [1.807, 2.05) is 0 Å². The molecule has 3 N–H and O–H groups in total. The molecule has 0 aliphatic heterocycles. The monoisotopic (exact) mass is 239 g/mol.